The fourth-order valence-corrected chi connectivity index (χ4v) is 3.13. The molecule has 2 fully saturated rings. The first-order valence-electron chi connectivity index (χ1n) is 8.59. The van der Waals surface area contributed by atoms with Gasteiger partial charge in [0.2, 0.25) is 0 Å². The van der Waals surface area contributed by atoms with Gasteiger partial charge in [-0.3, -0.25) is 0 Å². The molecule has 132 valence electrons. The van der Waals surface area contributed by atoms with Crippen molar-refractivity contribution in [2.45, 2.75) is 32.3 Å². The summed E-state index contributed by atoms with van der Waals surface area (Å²) in [5.74, 6) is 0.766. The highest BCUT2D eigenvalue weighted by molar-refractivity contribution is 6.30. The lowest BCUT2D eigenvalue weighted by Gasteiger charge is -2.32. The first-order valence-corrected chi connectivity index (χ1v) is 8.97. The molecule has 0 unspecified atom stereocenters. The average molecular weight is 353 g/mol. The van der Waals surface area contributed by atoms with E-state index in [4.69, 9.17) is 30.5 Å². The van der Waals surface area contributed by atoms with Crippen LogP contribution < -0.4 is 0 Å². The molecule has 3 rings (SSSR count). The van der Waals surface area contributed by atoms with Crippen molar-refractivity contribution < 1.29 is 18.9 Å². The second-order valence-corrected chi connectivity index (χ2v) is 6.81. The van der Waals surface area contributed by atoms with E-state index in [2.05, 4.69) is 6.08 Å². The standard InChI is InChI=1S/C19H25ClO4/c1-2-3-14-10-21-18(22-11-14)9-4-15-12-23-19(24-13-15)16-5-7-17(20)8-6-16/h2-3,5-8,14-15,18-19H,4,9-13H2,1H3/b3-2-/t14-,15?,18-,19?. The molecular formula is C19H25ClO4. The number of hydrogen-bond acceptors (Lipinski definition) is 4. The van der Waals surface area contributed by atoms with E-state index in [1.165, 1.54) is 0 Å². The number of allylic oxidation sites excluding steroid dienone is 1. The topological polar surface area (TPSA) is 36.9 Å². The summed E-state index contributed by atoms with van der Waals surface area (Å²) in [6.45, 7) is 4.89. The van der Waals surface area contributed by atoms with Gasteiger partial charge in [-0.2, -0.15) is 0 Å². The molecule has 2 saturated heterocycles. The van der Waals surface area contributed by atoms with Crippen molar-refractivity contribution in [3.63, 3.8) is 0 Å². The Balaban J connectivity index is 1.36. The molecule has 0 atom stereocenters. The van der Waals surface area contributed by atoms with Crippen molar-refractivity contribution in [3.8, 4) is 0 Å². The van der Waals surface area contributed by atoms with Gasteiger partial charge in [0.05, 0.1) is 26.4 Å². The number of rotatable bonds is 5. The van der Waals surface area contributed by atoms with Crippen molar-refractivity contribution in [2.75, 3.05) is 26.4 Å². The Hall–Kier alpha value is -0.910. The lowest BCUT2D eigenvalue weighted by atomic mass is 10.0. The third-order valence-corrected chi connectivity index (χ3v) is 4.63. The van der Waals surface area contributed by atoms with Gasteiger partial charge in [0.1, 0.15) is 0 Å². The minimum atomic E-state index is -0.290. The van der Waals surface area contributed by atoms with E-state index in [9.17, 15) is 0 Å². The van der Waals surface area contributed by atoms with Crippen molar-refractivity contribution in [2.24, 2.45) is 11.8 Å². The molecule has 0 N–H and O–H groups in total. The zero-order valence-electron chi connectivity index (χ0n) is 14.0. The third kappa shape index (κ3) is 5.04. The van der Waals surface area contributed by atoms with Crippen LogP contribution in [0.4, 0.5) is 0 Å². The van der Waals surface area contributed by atoms with Crippen molar-refractivity contribution in [3.05, 3.63) is 47.0 Å². The van der Waals surface area contributed by atoms with Gasteiger partial charge in [0, 0.05) is 22.4 Å². The lowest BCUT2D eigenvalue weighted by Crippen LogP contribution is -2.33. The minimum Gasteiger partial charge on any atom is -0.352 e. The Morgan fingerprint density at radius 1 is 0.958 bits per heavy atom. The van der Waals surface area contributed by atoms with E-state index in [1.54, 1.807) is 0 Å². The van der Waals surface area contributed by atoms with E-state index in [0.717, 1.165) is 36.6 Å². The van der Waals surface area contributed by atoms with Crippen LogP contribution in [0.1, 0.15) is 31.6 Å². The molecule has 0 radical (unpaired) electrons. The molecule has 0 spiro atoms. The SMILES string of the molecule is C/C=C\[C@H]1CO[C@H](CCC2COC(c3ccc(Cl)cc3)OC2)OC1. The molecule has 0 aromatic heterocycles. The van der Waals surface area contributed by atoms with Crippen LogP contribution in [0.3, 0.4) is 0 Å². The molecule has 0 saturated carbocycles. The number of halogens is 1. The third-order valence-electron chi connectivity index (χ3n) is 4.38. The summed E-state index contributed by atoms with van der Waals surface area (Å²) in [7, 11) is 0. The van der Waals surface area contributed by atoms with E-state index < -0.39 is 0 Å². The normalized spacial score (nSPS) is 31.4. The van der Waals surface area contributed by atoms with Crippen LogP contribution in [-0.4, -0.2) is 32.7 Å². The van der Waals surface area contributed by atoms with Crippen LogP contribution in [-0.2, 0) is 18.9 Å². The van der Waals surface area contributed by atoms with E-state index >= 15 is 0 Å². The van der Waals surface area contributed by atoms with Crippen LogP contribution in [0, 0.1) is 11.8 Å². The molecule has 2 heterocycles. The fraction of sp³-hybridized carbons (Fsp3) is 0.579. The molecule has 1 aromatic carbocycles. The summed E-state index contributed by atoms with van der Waals surface area (Å²) >= 11 is 5.91. The Labute approximate surface area is 148 Å². The summed E-state index contributed by atoms with van der Waals surface area (Å²) in [6.07, 6.45) is 5.65. The minimum absolute atomic E-state index is 0.0968. The monoisotopic (exact) mass is 352 g/mol. The maximum Gasteiger partial charge on any atom is 0.183 e. The molecule has 4 nitrogen and oxygen atoms in total. The summed E-state index contributed by atoms with van der Waals surface area (Å²) in [5.41, 5.74) is 1.01. The van der Waals surface area contributed by atoms with Crippen molar-refractivity contribution in [1.29, 1.82) is 0 Å². The van der Waals surface area contributed by atoms with E-state index in [0.29, 0.717) is 25.0 Å². The van der Waals surface area contributed by atoms with Gasteiger partial charge in [0.15, 0.2) is 12.6 Å². The fourth-order valence-electron chi connectivity index (χ4n) is 3.00. The lowest BCUT2D eigenvalue weighted by molar-refractivity contribution is -0.217. The number of benzene rings is 1. The van der Waals surface area contributed by atoms with Gasteiger partial charge < -0.3 is 18.9 Å². The van der Waals surface area contributed by atoms with Crippen LogP contribution in [0.5, 0.6) is 0 Å². The Morgan fingerprint density at radius 3 is 2.25 bits per heavy atom. The predicted molar refractivity (Wildman–Crippen MR) is 92.8 cm³/mol. The molecule has 0 amide bonds. The summed E-state index contributed by atoms with van der Waals surface area (Å²) in [6, 6.07) is 7.60. The highest BCUT2D eigenvalue weighted by atomic mass is 35.5. The average Bonchev–Trinajstić information content (AvgIpc) is 2.63. The van der Waals surface area contributed by atoms with Crippen LogP contribution >= 0.6 is 11.6 Å². The summed E-state index contributed by atoms with van der Waals surface area (Å²) < 4.78 is 23.2. The van der Waals surface area contributed by atoms with E-state index in [-0.39, 0.29) is 12.6 Å². The Kier molecular flexibility index (Phi) is 6.69. The van der Waals surface area contributed by atoms with Crippen LogP contribution in [0.25, 0.3) is 0 Å². The maximum atomic E-state index is 5.91. The van der Waals surface area contributed by atoms with Crippen molar-refractivity contribution in [1.82, 2.24) is 0 Å². The van der Waals surface area contributed by atoms with Gasteiger partial charge in [-0.25, -0.2) is 0 Å². The van der Waals surface area contributed by atoms with Crippen LogP contribution in [0.2, 0.25) is 5.02 Å². The van der Waals surface area contributed by atoms with Gasteiger partial charge in [-0.05, 0) is 31.9 Å². The Bertz CT molecular complexity index is 515. The van der Waals surface area contributed by atoms with Gasteiger partial charge >= 0.3 is 0 Å². The predicted octanol–water partition coefficient (Wildman–Crippen LogP) is 4.35. The molecule has 0 aliphatic carbocycles. The molecular weight excluding hydrogens is 328 g/mol. The highest BCUT2D eigenvalue weighted by Crippen LogP contribution is 2.28. The second-order valence-electron chi connectivity index (χ2n) is 6.38. The number of hydrogen-bond donors (Lipinski definition) is 0. The zero-order chi connectivity index (χ0) is 16.8. The first-order chi connectivity index (χ1) is 11.7. The summed E-state index contributed by atoms with van der Waals surface area (Å²) in [5, 5.41) is 0.719. The molecule has 2 aliphatic rings. The first kappa shape index (κ1) is 17.9. The van der Waals surface area contributed by atoms with Crippen LogP contribution in [0.15, 0.2) is 36.4 Å². The van der Waals surface area contributed by atoms with Gasteiger partial charge in [0.25, 0.3) is 0 Å². The molecule has 1 aromatic rings. The highest BCUT2D eigenvalue weighted by Gasteiger charge is 2.26. The van der Waals surface area contributed by atoms with E-state index in [1.807, 2.05) is 37.3 Å². The quantitative estimate of drug-likeness (QED) is 0.738. The second kappa shape index (κ2) is 8.97. The molecule has 0 bridgehead atoms. The van der Waals surface area contributed by atoms with Gasteiger partial charge in [-0.15, -0.1) is 0 Å². The number of ether oxygens (including phenoxy) is 4. The zero-order valence-corrected chi connectivity index (χ0v) is 14.8. The molecule has 24 heavy (non-hydrogen) atoms. The van der Waals surface area contributed by atoms with Crippen molar-refractivity contribution >= 4 is 11.6 Å². The molecule has 5 heteroatoms. The maximum absolute atomic E-state index is 5.91. The largest absolute Gasteiger partial charge is 0.352 e. The Morgan fingerprint density at radius 2 is 1.62 bits per heavy atom. The molecule has 2 aliphatic heterocycles. The smallest absolute Gasteiger partial charge is 0.183 e. The van der Waals surface area contributed by atoms with Gasteiger partial charge in [-0.1, -0.05) is 35.9 Å². The summed E-state index contributed by atoms with van der Waals surface area (Å²) in [4.78, 5) is 0.